The first-order chi connectivity index (χ1) is 14.5. The molecule has 1 aliphatic heterocycles. The van der Waals surface area contributed by atoms with Gasteiger partial charge in [0.25, 0.3) is 5.91 Å². The highest BCUT2D eigenvalue weighted by Gasteiger charge is 2.19. The lowest BCUT2D eigenvalue weighted by atomic mass is 10.1. The number of methoxy groups -OCH3 is 1. The highest BCUT2D eigenvalue weighted by atomic mass is 16.5. The van der Waals surface area contributed by atoms with E-state index in [1.807, 2.05) is 24.1 Å². The molecule has 7 heteroatoms. The molecule has 0 aliphatic carbocycles. The molecule has 0 N–H and O–H groups in total. The number of ether oxygens (including phenoxy) is 2. The first kappa shape index (κ1) is 20.0. The zero-order valence-electron chi connectivity index (χ0n) is 17.1. The third-order valence-corrected chi connectivity index (χ3v) is 5.33. The van der Waals surface area contributed by atoms with Gasteiger partial charge in [-0.05, 0) is 36.9 Å². The maximum absolute atomic E-state index is 12.5. The van der Waals surface area contributed by atoms with Crippen LogP contribution < -0.4 is 15.1 Å². The second-order valence-electron chi connectivity index (χ2n) is 7.32. The quantitative estimate of drug-likeness (QED) is 0.605. The first-order valence-electron chi connectivity index (χ1n) is 9.85. The van der Waals surface area contributed by atoms with Gasteiger partial charge in [-0.15, -0.1) is 0 Å². The van der Waals surface area contributed by atoms with Gasteiger partial charge in [-0.1, -0.05) is 24.3 Å². The van der Waals surface area contributed by atoms with E-state index < -0.39 is 5.63 Å². The van der Waals surface area contributed by atoms with Gasteiger partial charge in [0.15, 0.2) is 17.9 Å². The van der Waals surface area contributed by atoms with Crippen LogP contribution in [0.4, 0.5) is 0 Å². The molecule has 1 fully saturated rings. The Bertz CT molecular complexity index is 1100. The van der Waals surface area contributed by atoms with Crippen molar-refractivity contribution >= 4 is 16.9 Å². The van der Waals surface area contributed by atoms with Crippen LogP contribution in [0.1, 0.15) is 0 Å². The Kier molecular flexibility index (Phi) is 5.72. The fourth-order valence-corrected chi connectivity index (χ4v) is 3.50. The topological polar surface area (TPSA) is 72.2 Å². The third kappa shape index (κ3) is 4.16. The van der Waals surface area contributed by atoms with Crippen molar-refractivity contribution < 1.29 is 18.7 Å². The van der Waals surface area contributed by atoms with E-state index in [-0.39, 0.29) is 12.5 Å². The second-order valence-corrected chi connectivity index (χ2v) is 7.32. The van der Waals surface area contributed by atoms with Crippen LogP contribution in [0.5, 0.6) is 11.5 Å². The summed E-state index contributed by atoms with van der Waals surface area (Å²) in [5, 5.41) is 0.780. The molecular formula is C23H24N2O5. The number of carbonyl (C=O) groups is 1. The standard InChI is InChI=1S/C23H24N2O5/c1-24-10-12-25(13-11-24)21(26)15-29-18-8-6-16(7-9-18)19-14-17-4-3-5-20(28-2)22(17)30-23(19)27/h3-9,14H,10-13,15H2,1-2H3. The number of fused-ring (bicyclic) bond motifs is 1. The van der Waals surface area contributed by atoms with E-state index in [1.54, 1.807) is 36.4 Å². The van der Waals surface area contributed by atoms with Crippen LogP contribution in [0.25, 0.3) is 22.1 Å². The number of likely N-dealkylation sites (N-methyl/N-ethyl adjacent to an activating group) is 1. The normalized spacial score (nSPS) is 14.7. The molecule has 1 aliphatic rings. The number of para-hydroxylation sites is 1. The molecule has 4 rings (SSSR count). The van der Waals surface area contributed by atoms with Gasteiger partial charge >= 0.3 is 5.63 Å². The Balaban J connectivity index is 1.46. The summed E-state index contributed by atoms with van der Waals surface area (Å²) in [6.45, 7) is 3.20. The van der Waals surface area contributed by atoms with Crippen molar-refractivity contribution in [2.45, 2.75) is 0 Å². The Labute approximate surface area is 174 Å². The number of carbonyl (C=O) groups excluding carboxylic acids is 1. The maximum Gasteiger partial charge on any atom is 0.344 e. The van der Waals surface area contributed by atoms with Crippen LogP contribution in [0, 0.1) is 0 Å². The molecular weight excluding hydrogens is 384 g/mol. The van der Waals surface area contributed by atoms with Gasteiger partial charge in [0.1, 0.15) is 5.75 Å². The van der Waals surface area contributed by atoms with E-state index >= 15 is 0 Å². The summed E-state index contributed by atoms with van der Waals surface area (Å²) in [6.07, 6.45) is 0. The van der Waals surface area contributed by atoms with Crippen LogP contribution in [-0.4, -0.2) is 62.7 Å². The molecule has 0 unspecified atom stereocenters. The summed E-state index contributed by atoms with van der Waals surface area (Å²) >= 11 is 0. The molecule has 3 aromatic rings. The van der Waals surface area contributed by atoms with Crippen molar-refractivity contribution in [3.05, 3.63) is 59.0 Å². The SMILES string of the molecule is COc1cccc2cc(-c3ccc(OCC(=O)N4CCN(C)CC4)cc3)c(=O)oc12. The minimum atomic E-state index is -0.439. The first-order valence-corrected chi connectivity index (χ1v) is 9.85. The number of hydrogen-bond donors (Lipinski definition) is 0. The highest BCUT2D eigenvalue weighted by Crippen LogP contribution is 2.28. The Morgan fingerprint density at radius 3 is 2.50 bits per heavy atom. The summed E-state index contributed by atoms with van der Waals surface area (Å²) in [5.41, 5.74) is 1.16. The van der Waals surface area contributed by atoms with E-state index in [4.69, 9.17) is 13.9 Å². The predicted octanol–water partition coefficient (Wildman–Crippen LogP) is 2.62. The van der Waals surface area contributed by atoms with Crippen molar-refractivity contribution in [1.29, 1.82) is 0 Å². The summed E-state index contributed by atoms with van der Waals surface area (Å²) in [5.74, 6) is 1.08. The van der Waals surface area contributed by atoms with Crippen LogP contribution in [0.3, 0.4) is 0 Å². The molecule has 7 nitrogen and oxygen atoms in total. The molecule has 0 spiro atoms. The van der Waals surface area contributed by atoms with Gasteiger partial charge in [0.2, 0.25) is 0 Å². The van der Waals surface area contributed by atoms with E-state index in [2.05, 4.69) is 4.90 Å². The predicted molar refractivity (Wildman–Crippen MR) is 114 cm³/mol. The largest absolute Gasteiger partial charge is 0.493 e. The van der Waals surface area contributed by atoms with E-state index in [0.29, 0.717) is 28.2 Å². The fraction of sp³-hybridized carbons (Fsp3) is 0.304. The monoisotopic (exact) mass is 408 g/mol. The smallest absolute Gasteiger partial charge is 0.344 e. The lowest BCUT2D eigenvalue weighted by Crippen LogP contribution is -2.48. The molecule has 0 radical (unpaired) electrons. The van der Waals surface area contributed by atoms with E-state index in [0.717, 1.165) is 31.6 Å². The molecule has 2 aromatic carbocycles. The molecule has 156 valence electrons. The molecule has 1 amide bonds. The average Bonchev–Trinajstić information content (AvgIpc) is 2.77. The Morgan fingerprint density at radius 2 is 1.80 bits per heavy atom. The van der Waals surface area contributed by atoms with Crippen molar-refractivity contribution in [1.82, 2.24) is 9.80 Å². The number of nitrogens with zero attached hydrogens (tertiary/aromatic N) is 2. The van der Waals surface area contributed by atoms with Crippen molar-refractivity contribution in [2.75, 3.05) is 46.9 Å². The molecule has 0 atom stereocenters. The summed E-state index contributed by atoms with van der Waals surface area (Å²) in [4.78, 5) is 28.8. The van der Waals surface area contributed by atoms with E-state index in [9.17, 15) is 9.59 Å². The number of hydrogen-bond acceptors (Lipinski definition) is 6. The molecule has 2 heterocycles. The lowest BCUT2D eigenvalue weighted by molar-refractivity contribution is -0.134. The van der Waals surface area contributed by atoms with Gasteiger partial charge in [-0.2, -0.15) is 0 Å². The average molecular weight is 408 g/mol. The third-order valence-electron chi connectivity index (χ3n) is 5.33. The fourth-order valence-electron chi connectivity index (χ4n) is 3.50. The minimum absolute atomic E-state index is 0.000961. The van der Waals surface area contributed by atoms with Crippen LogP contribution in [0.2, 0.25) is 0 Å². The van der Waals surface area contributed by atoms with Crippen molar-refractivity contribution in [3.63, 3.8) is 0 Å². The number of piperazine rings is 1. The number of benzene rings is 2. The van der Waals surface area contributed by atoms with Gasteiger partial charge in [-0.3, -0.25) is 4.79 Å². The Morgan fingerprint density at radius 1 is 1.07 bits per heavy atom. The van der Waals surface area contributed by atoms with Crippen LogP contribution in [-0.2, 0) is 4.79 Å². The Hall–Kier alpha value is -3.32. The van der Waals surface area contributed by atoms with Crippen LogP contribution >= 0.6 is 0 Å². The van der Waals surface area contributed by atoms with Gasteiger partial charge in [0.05, 0.1) is 12.7 Å². The number of amides is 1. The summed E-state index contributed by atoms with van der Waals surface area (Å²) < 4.78 is 16.4. The zero-order chi connectivity index (χ0) is 21.1. The van der Waals surface area contributed by atoms with Gasteiger partial charge in [-0.25, -0.2) is 4.79 Å². The zero-order valence-corrected chi connectivity index (χ0v) is 17.1. The molecule has 30 heavy (non-hydrogen) atoms. The highest BCUT2D eigenvalue weighted by molar-refractivity contribution is 5.86. The van der Waals surface area contributed by atoms with E-state index in [1.165, 1.54) is 7.11 Å². The van der Waals surface area contributed by atoms with Gasteiger partial charge in [0, 0.05) is 31.6 Å². The molecule has 1 saturated heterocycles. The van der Waals surface area contributed by atoms with Crippen molar-refractivity contribution in [2.24, 2.45) is 0 Å². The summed E-state index contributed by atoms with van der Waals surface area (Å²) in [7, 11) is 3.59. The van der Waals surface area contributed by atoms with Crippen LogP contribution in [0.15, 0.2) is 57.7 Å². The van der Waals surface area contributed by atoms with Gasteiger partial charge < -0.3 is 23.7 Å². The maximum atomic E-state index is 12.5. The molecule has 0 bridgehead atoms. The molecule has 1 aromatic heterocycles. The molecule has 0 saturated carbocycles. The second kappa shape index (κ2) is 8.59. The lowest BCUT2D eigenvalue weighted by Gasteiger charge is -2.32. The number of rotatable bonds is 5. The minimum Gasteiger partial charge on any atom is -0.493 e. The van der Waals surface area contributed by atoms with Crippen molar-refractivity contribution in [3.8, 4) is 22.6 Å². The summed E-state index contributed by atoms with van der Waals surface area (Å²) in [6, 6.07) is 14.3.